The zero-order valence-corrected chi connectivity index (χ0v) is 8.87. The van der Waals surface area contributed by atoms with E-state index < -0.39 is 18.1 Å². The van der Waals surface area contributed by atoms with Gasteiger partial charge >= 0.3 is 5.97 Å². The quantitative estimate of drug-likeness (QED) is 0.604. The van der Waals surface area contributed by atoms with Gasteiger partial charge in [0.2, 0.25) is 5.91 Å². The molecule has 0 fully saturated rings. The lowest BCUT2D eigenvalue weighted by Gasteiger charge is -2.15. The van der Waals surface area contributed by atoms with Crippen molar-refractivity contribution < 1.29 is 14.3 Å². The van der Waals surface area contributed by atoms with E-state index in [1.165, 1.54) is 7.11 Å². The van der Waals surface area contributed by atoms with Crippen LogP contribution in [0, 0.1) is 0 Å². The number of nitrogens with two attached hydrogens (primary N) is 1. The van der Waals surface area contributed by atoms with Crippen molar-refractivity contribution in [3.8, 4) is 0 Å². The highest BCUT2D eigenvalue weighted by Crippen LogP contribution is 1.94. The summed E-state index contributed by atoms with van der Waals surface area (Å²) in [6.45, 7) is 3.50. The van der Waals surface area contributed by atoms with Crippen LogP contribution in [0.2, 0.25) is 0 Å². The third kappa shape index (κ3) is 4.23. The molecule has 1 amide bonds. The van der Waals surface area contributed by atoms with Crippen molar-refractivity contribution in [1.82, 2.24) is 5.32 Å². The molecule has 2 atom stereocenters. The zero-order valence-electron chi connectivity index (χ0n) is 8.87. The fourth-order valence-electron chi connectivity index (χ4n) is 0.998. The van der Waals surface area contributed by atoms with Crippen molar-refractivity contribution in [3.05, 3.63) is 0 Å². The molecule has 82 valence electrons. The lowest BCUT2D eigenvalue weighted by molar-refractivity contribution is -0.144. The molecule has 5 heteroatoms. The van der Waals surface area contributed by atoms with Crippen LogP contribution in [0.1, 0.15) is 26.7 Å². The lowest BCUT2D eigenvalue weighted by atomic mass is 10.1. The molecule has 5 nitrogen and oxygen atoms in total. The highest BCUT2D eigenvalue weighted by Gasteiger charge is 2.19. The van der Waals surface area contributed by atoms with Crippen molar-refractivity contribution in [1.29, 1.82) is 0 Å². The summed E-state index contributed by atoms with van der Waals surface area (Å²) in [5.41, 5.74) is 5.55. The molecule has 3 N–H and O–H groups in total. The molecule has 0 rings (SSSR count). The molecule has 1 unspecified atom stereocenters. The first-order valence-electron chi connectivity index (χ1n) is 4.66. The van der Waals surface area contributed by atoms with Crippen molar-refractivity contribution in [2.75, 3.05) is 7.11 Å². The number of nitrogens with one attached hydrogen (secondary N) is 1. The van der Waals surface area contributed by atoms with Crippen LogP contribution < -0.4 is 11.1 Å². The van der Waals surface area contributed by atoms with E-state index in [2.05, 4.69) is 10.1 Å². The summed E-state index contributed by atoms with van der Waals surface area (Å²) in [5.74, 6) is -0.785. The second-order valence-corrected chi connectivity index (χ2v) is 3.15. The normalized spacial score (nSPS) is 14.3. The van der Waals surface area contributed by atoms with E-state index in [1.54, 1.807) is 6.92 Å². The first kappa shape index (κ1) is 12.9. The first-order valence-corrected chi connectivity index (χ1v) is 4.66. The SMILES string of the molecule is CCCC(N)C(=O)N[C@H](C)C(=O)OC. The molecular weight excluding hydrogens is 184 g/mol. The van der Waals surface area contributed by atoms with E-state index in [0.717, 1.165) is 6.42 Å². The average Bonchev–Trinajstić information content (AvgIpc) is 2.16. The summed E-state index contributed by atoms with van der Waals surface area (Å²) in [6.07, 6.45) is 1.45. The third-order valence-electron chi connectivity index (χ3n) is 1.85. The molecular formula is C9H18N2O3. The van der Waals surface area contributed by atoms with Gasteiger partial charge in [-0.05, 0) is 13.3 Å². The Hall–Kier alpha value is -1.10. The summed E-state index contributed by atoms with van der Waals surface area (Å²) >= 11 is 0. The summed E-state index contributed by atoms with van der Waals surface area (Å²) in [5, 5.41) is 2.48. The number of amides is 1. The minimum absolute atomic E-state index is 0.315. The number of rotatable bonds is 5. The molecule has 0 radical (unpaired) electrons. The monoisotopic (exact) mass is 202 g/mol. The molecule has 0 spiro atoms. The van der Waals surface area contributed by atoms with Gasteiger partial charge in [0.1, 0.15) is 6.04 Å². The van der Waals surface area contributed by atoms with Crippen LogP contribution in [-0.4, -0.2) is 31.1 Å². The van der Waals surface area contributed by atoms with Gasteiger partial charge in [-0.15, -0.1) is 0 Å². The van der Waals surface area contributed by atoms with Crippen LogP contribution >= 0.6 is 0 Å². The Labute approximate surface area is 84.0 Å². The maximum Gasteiger partial charge on any atom is 0.328 e. The van der Waals surface area contributed by atoms with E-state index in [1.807, 2.05) is 6.92 Å². The van der Waals surface area contributed by atoms with Crippen LogP contribution in [0.3, 0.4) is 0 Å². The Kier molecular flexibility index (Phi) is 5.87. The van der Waals surface area contributed by atoms with Crippen LogP contribution in [0.4, 0.5) is 0 Å². The topological polar surface area (TPSA) is 81.4 Å². The summed E-state index contributed by atoms with van der Waals surface area (Å²) in [7, 11) is 1.27. The number of hydrogen-bond donors (Lipinski definition) is 2. The number of esters is 1. The minimum Gasteiger partial charge on any atom is -0.467 e. The molecule has 14 heavy (non-hydrogen) atoms. The van der Waals surface area contributed by atoms with Crippen LogP contribution in [0.25, 0.3) is 0 Å². The number of methoxy groups -OCH3 is 1. The Bertz CT molecular complexity index is 206. The van der Waals surface area contributed by atoms with Crippen LogP contribution in [0.15, 0.2) is 0 Å². The highest BCUT2D eigenvalue weighted by atomic mass is 16.5. The van der Waals surface area contributed by atoms with Gasteiger partial charge in [0.05, 0.1) is 13.2 Å². The van der Waals surface area contributed by atoms with E-state index in [-0.39, 0.29) is 5.91 Å². The summed E-state index contributed by atoms with van der Waals surface area (Å²) < 4.78 is 4.46. The highest BCUT2D eigenvalue weighted by molar-refractivity contribution is 5.87. The van der Waals surface area contributed by atoms with Crippen molar-refractivity contribution in [2.24, 2.45) is 5.73 Å². The molecule has 0 aliphatic heterocycles. The van der Waals surface area contributed by atoms with Gasteiger partial charge in [0.25, 0.3) is 0 Å². The number of ether oxygens (including phenoxy) is 1. The molecule has 0 aromatic carbocycles. The van der Waals surface area contributed by atoms with Gasteiger partial charge in [0.15, 0.2) is 0 Å². The largest absolute Gasteiger partial charge is 0.467 e. The smallest absolute Gasteiger partial charge is 0.328 e. The summed E-state index contributed by atoms with van der Waals surface area (Å²) in [6, 6.07) is -1.19. The zero-order chi connectivity index (χ0) is 11.1. The molecule has 0 heterocycles. The van der Waals surface area contributed by atoms with Gasteiger partial charge < -0.3 is 15.8 Å². The minimum atomic E-state index is -0.643. The van der Waals surface area contributed by atoms with Gasteiger partial charge in [0, 0.05) is 0 Å². The molecule has 0 saturated carbocycles. The van der Waals surface area contributed by atoms with Gasteiger partial charge in [-0.25, -0.2) is 4.79 Å². The number of hydrogen-bond acceptors (Lipinski definition) is 4. The van der Waals surface area contributed by atoms with Crippen molar-refractivity contribution in [2.45, 2.75) is 38.8 Å². The Morgan fingerprint density at radius 1 is 1.50 bits per heavy atom. The van der Waals surface area contributed by atoms with E-state index in [4.69, 9.17) is 5.73 Å². The van der Waals surface area contributed by atoms with Crippen molar-refractivity contribution in [3.63, 3.8) is 0 Å². The van der Waals surface area contributed by atoms with Crippen LogP contribution in [-0.2, 0) is 14.3 Å². The fraction of sp³-hybridized carbons (Fsp3) is 0.778. The standard InChI is InChI=1S/C9H18N2O3/c1-4-5-7(10)8(12)11-6(2)9(13)14-3/h6-7H,4-5,10H2,1-3H3,(H,11,12)/t6-,7?/m1/s1. The van der Waals surface area contributed by atoms with Gasteiger partial charge in [-0.1, -0.05) is 13.3 Å². The molecule has 0 aliphatic carbocycles. The first-order chi connectivity index (χ1) is 6.52. The van der Waals surface area contributed by atoms with Gasteiger partial charge in [-0.3, -0.25) is 4.79 Å². The van der Waals surface area contributed by atoms with E-state index in [9.17, 15) is 9.59 Å². The predicted octanol–water partition coefficient (Wildman–Crippen LogP) is -0.208. The molecule has 0 aromatic rings. The Balaban J connectivity index is 3.98. The molecule has 0 aliphatic rings. The molecule has 0 bridgehead atoms. The second-order valence-electron chi connectivity index (χ2n) is 3.15. The molecule has 0 saturated heterocycles. The van der Waals surface area contributed by atoms with Crippen LogP contribution in [0.5, 0.6) is 0 Å². The Morgan fingerprint density at radius 3 is 2.50 bits per heavy atom. The maximum atomic E-state index is 11.3. The Morgan fingerprint density at radius 2 is 2.07 bits per heavy atom. The summed E-state index contributed by atoms with van der Waals surface area (Å²) in [4.78, 5) is 22.3. The third-order valence-corrected chi connectivity index (χ3v) is 1.85. The lowest BCUT2D eigenvalue weighted by Crippen LogP contribution is -2.47. The number of carbonyl (C=O) groups excluding carboxylic acids is 2. The number of carbonyl (C=O) groups is 2. The fourth-order valence-corrected chi connectivity index (χ4v) is 0.998. The average molecular weight is 202 g/mol. The van der Waals surface area contributed by atoms with E-state index >= 15 is 0 Å². The predicted molar refractivity (Wildman–Crippen MR) is 52.5 cm³/mol. The van der Waals surface area contributed by atoms with Crippen molar-refractivity contribution >= 4 is 11.9 Å². The van der Waals surface area contributed by atoms with Gasteiger partial charge in [-0.2, -0.15) is 0 Å². The molecule has 0 aromatic heterocycles. The van der Waals surface area contributed by atoms with E-state index in [0.29, 0.717) is 6.42 Å². The second kappa shape index (κ2) is 6.37. The maximum absolute atomic E-state index is 11.3.